The number of fused-ring (bicyclic) bond motifs is 1. The molecule has 1 fully saturated rings. The van der Waals surface area contributed by atoms with Crippen LogP contribution in [0.3, 0.4) is 0 Å². The van der Waals surface area contributed by atoms with E-state index in [0.29, 0.717) is 0 Å². The second-order valence-electron chi connectivity index (χ2n) is 5.14. The summed E-state index contributed by atoms with van der Waals surface area (Å²) in [4.78, 5) is 18.4. The van der Waals surface area contributed by atoms with Crippen molar-refractivity contribution in [3.05, 3.63) is 48.2 Å². The van der Waals surface area contributed by atoms with Crippen molar-refractivity contribution in [1.29, 1.82) is 0 Å². The number of piperidine rings is 1. The summed E-state index contributed by atoms with van der Waals surface area (Å²) in [6.45, 7) is 1.78. The van der Waals surface area contributed by atoms with E-state index < -0.39 is 0 Å². The molecule has 102 valence electrons. The summed E-state index contributed by atoms with van der Waals surface area (Å²) in [6, 6.07) is 9.93. The van der Waals surface area contributed by atoms with Gasteiger partial charge in [0.15, 0.2) is 0 Å². The van der Waals surface area contributed by atoms with Crippen molar-refractivity contribution in [2.45, 2.75) is 19.3 Å². The van der Waals surface area contributed by atoms with E-state index in [1.54, 1.807) is 12.3 Å². The highest BCUT2D eigenvalue weighted by Crippen LogP contribution is 2.17. The van der Waals surface area contributed by atoms with Gasteiger partial charge >= 0.3 is 0 Å². The van der Waals surface area contributed by atoms with Gasteiger partial charge in [-0.1, -0.05) is 18.2 Å². The van der Waals surface area contributed by atoms with Crippen LogP contribution < -0.4 is 0 Å². The molecular formula is C17H18N2O. The number of para-hydroxylation sites is 1. The quantitative estimate of drug-likeness (QED) is 0.782. The first-order valence-corrected chi connectivity index (χ1v) is 7.15. The Morgan fingerprint density at radius 1 is 1.10 bits per heavy atom. The largest absolute Gasteiger partial charge is 0.339 e. The highest BCUT2D eigenvalue weighted by molar-refractivity contribution is 5.95. The fourth-order valence-corrected chi connectivity index (χ4v) is 2.64. The molecule has 3 rings (SSSR count). The summed E-state index contributed by atoms with van der Waals surface area (Å²) in [6.07, 6.45) is 8.86. The lowest BCUT2D eigenvalue weighted by atomic mass is 10.1. The summed E-state index contributed by atoms with van der Waals surface area (Å²) in [5, 5.41) is 1.08. The summed E-state index contributed by atoms with van der Waals surface area (Å²) in [5.74, 6) is 0.116. The normalized spacial score (nSPS) is 15.9. The molecule has 1 aromatic heterocycles. The van der Waals surface area contributed by atoms with Crippen LogP contribution in [0.1, 0.15) is 24.8 Å². The number of likely N-dealkylation sites (tertiary alicyclic amines) is 1. The zero-order valence-corrected chi connectivity index (χ0v) is 11.5. The number of carbonyl (C=O) groups is 1. The van der Waals surface area contributed by atoms with Gasteiger partial charge in [0.2, 0.25) is 5.91 Å². The van der Waals surface area contributed by atoms with Crippen molar-refractivity contribution in [2.24, 2.45) is 0 Å². The van der Waals surface area contributed by atoms with Crippen LogP contribution in [0.15, 0.2) is 42.6 Å². The van der Waals surface area contributed by atoms with Crippen molar-refractivity contribution in [1.82, 2.24) is 9.88 Å². The van der Waals surface area contributed by atoms with E-state index >= 15 is 0 Å². The molecule has 0 atom stereocenters. The van der Waals surface area contributed by atoms with Gasteiger partial charge in [-0.25, -0.2) is 0 Å². The van der Waals surface area contributed by atoms with Gasteiger partial charge < -0.3 is 4.90 Å². The van der Waals surface area contributed by atoms with Crippen molar-refractivity contribution in [3.63, 3.8) is 0 Å². The van der Waals surface area contributed by atoms with Gasteiger partial charge in [-0.15, -0.1) is 0 Å². The number of aromatic nitrogens is 1. The topological polar surface area (TPSA) is 33.2 Å². The van der Waals surface area contributed by atoms with Crippen LogP contribution in [-0.4, -0.2) is 28.9 Å². The number of hydrogen-bond acceptors (Lipinski definition) is 2. The number of amides is 1. The van der Waals surface area contributed by atoms with E-state index in [9.17, 15) is 4.79 Å². The van der Waals surface area contributed by atoms with Gasteiger partial charge in [-0.2, -0.15) is 0 Å². The van der Waals surface area contributed by atoms with E-state index in [1.807, 2.05) is 41.3 Å². The molecule has 0 radical (unpaired) electrons. The molecule has 1 aliphatic heterocycles. The van der Waals surface area contributed by atoms with Crippen LogP contribution in [0.25, 0.3) is 17.0 Å². The molecule has 3 nitrogen and oxygen atoms in total. The molecule has 0 unspecified atom stereocenters. The number of pyridine rings is 1. The van der Waals surface area contributed by atoms with Gasteiger partial charge in [-0.05, 0) is 43.0 Å². The predicted molar refractivity (Wildman–Crippen MR) is 81.2 cm³/mol. The molecule has 0 saturated carbocycles. The highest BCUT2D eigenvalue weighted by Gasteiger charge is 2.13. The third-order valence-electron chi connectivity index (χ3n) is 3.76. The van der Waals surface area contributed by atoms with Gasteiger partial charge in [0.05, 0.1) is 5.52 Å². The summed E-state index contributed by atoms with van der Waals surface area (Å²) < 4.78 is 0. The van der Waals surface area contributed by atoms with E-state index in [0.717, 1.165) is 42.4 Å². The van der Waals surface area contributed by atoms with Crippen LogP contribution in [0.2, 0.25) is 0 Å². The maximum absolute atomic E-state index is 12.1. The van der Waals surface area contributed by atoms with Crippen molar-refractivity contribution < 1.29 is 4.79 Å². The Labute approximate surface area is 118 Å². The van der Waals surface area contributed by atoms with Crippen LogP contribution in [0, 0.1) is 0 Å². The molecule has 1 amide bonds. The standard InChI is InChI=1S/C17H18N2O/c20-17(19-12-4-1-5-13-19)9-8-14-10-11-18-16-7-3-2-6-15(14)16/h2-3,6-11H,1,4-5,12-13H2/b9-8+. The Kier molecular flexibility index (Phi) is 3.77. The molecule has 0 aliphatic carbocycles. The van der Waals surface area contributed by atoms with E-state index in [4.69, 9.17) is 0 Å². The van der Waals surface area contributed by atoms with Gasteiger partial charge in [-0.3, -0.25) is 9.78 Å². The smallest absolute Gasteiger partial charge is 0.246 e. The molecule has 3 heteroatoms. The number of carbonyl (C=O) groups excluding carboxylic acids is 1. The van der Waals surface area contributed by atoms with Gasteiger partial charge in [0, 0.05) is 30.7 Å². The Morgan fingerprint density at radius 3 is 2.75 bits per heavy atom. The highest BCUT2D eigenvalue weighted by atomic mass is 16.2. The van der Waals surface area contributed by atoms with Crippen LogP contribution in [0.4, 0.5) is 0 Å². The molecule has 2 aromatic rings. The zero-order chi connectivity index (χ0) is 13.8. The summed E-state index contributed by atoms with van der Waals surface area (Å²) in [5.41, 5.74) is 2.00. The van der Waals surface area contributed by atoms with E-state index in [1.165, 1.54) is 6.42 Å². The molecule has 1 aromatic carbocycles. The van der Waals surface area contributed by atoms with Gasteiger partial charge in [0.25, 0.3) is 0 Å². The Hall–Kier alpha value is -2.16. The van der Waals surface area contributed by atoms with Crippen LogP contribution in [0.5, 0.6) is 0 Å². The number of nitrogens with zero attached hydrogens (tertiary/aromatic N) is 2. The maximum Gasteiger partial charge on any atom is 0.246 e. The summed E-state index contributed by atoms with van der Waals surface area (Å²) >= 11 is 0. The minimum Gasteiger partial charge on any atom is -0.339 e. The average Bonchev–Trinajstić information content (AvgIpc) is 2.53. The molecule has 0 N–H and O–H groups in total. The first kappa shape index (κ1) is 12.9. The summed E-state index contributed by atoms with van der Waals surface area (Å²) in [7, 11) is 0. The molecule has 20 heavy (non-hydrogen) atoms. The Morgan fingerprint density at radius 2 is 1.90 bits per heavy atom. The lowest BCUT2D eigenvalue weighted by Crippen LogP contribution is -2.34. The van der Waals surface area contributed by atoms with Crippen molar-refractivity contribution >= 4 is 22.9 Å². The zero-order valence-electron chi connectivity index (χ0n) is 11.5. The fourth-order valence-electron chi connectivity index (χ4n) is 2.64. The Bertz CT molecular complexity index is 637. The third-order valence-corrected chi connectivity index (χ3v) is 3.76. The third kappa shape index (κ3) is 2.72. The molecule has 1 aliphatic rings. The second-order valence-corrected chi connectivity index (χ2v) is 5.14. The first-order valence-electron chi connectivity index (χ1n) is 7.15. The fraction of sp³-hybridized carbons (Fsp3) is 0.294. The molecular weight excluding hydrogens is 248 g/mol. The van der Waals surface area contributed by atoms with Gasteiger partial charge in [0.1, 0.15) is 0 Å². The molecule has 1 saturated heterocycles. The first-order chi connectivity index (χ1) is 9.84. The van der Waals surface area contributed by atoms with Crippen molar-refractivity contribution in [2.75, 3.05) is 13.1 Å². The minimum absolute atomic E-state index is 0.116. The number of rotatable bonds is 2. The SMILES string of the molecule is O=C(/C=C/c1ccnc2ccccc12)N1CCCCC1. The second kappa shape index (κ2) is 5.87. The lowest BCUT2D eigenvalue weighted by Gasteiger charge is -2.25. The molecule has 0 bridgehead atoms. The lowest BCUT2D eigenvalue weighted by molar-refractivity contribution is -0.126. The average molecular weight is 266 g/mol. The van der Waals surface area contributed by atoms with Crippen LogP contribution >= 0.6 is 0 Å². The molecule has 2 heterocycles. The number of benzene rings is 1. The predicted octanol–water partition coefficient (Wildman–Crippen LogP) is 3.26. The van der Waals surface area contributed by atoms with Crippen LogP contribution in [-0.2, 0) is 4.79 Å². The minimum atomic E-state index is 0.116. The van der Waals surface area contributed by atoms with E-state index in [-0.39, 0.29) is 5.91 Å². The molecule has 0 spiro atoms. The van der Waals surface area contributed by atoms with E-state index in [2.05, 4.69) is 4.98 Å². The number of hydrogen-bond donors (Lipinski definition) is 0. The monoisotopic (exact) mass is 266 g/mol. The maximum atomic E-state index is 12.1. The van der Waals surface area contributed by atoms with Crippen molar-refractivity contribution in [3.8, 4) is 0 Å². The Balaban J connectivity index is 1.81.